The first kappa shape index (κ1) is 26.2. The van der Waals surface area contributed by atoms with Crippen LogP contribution < -0.4 is 25.3 Å². The molecule has 36 heavy (non-hydrogen) atoms. The molecule has 0 unspecified atom stereocenters. The summed E-state index contributed by atoms with van der Waals surface area (Å²) in [6.45, 7) is 2.48. The highest BCUT2D eigenvalue weighted by molar-refractivity contribution is 6.06. The number of pyridine rings is 2. The smallest absolute Gasteiger partial charge is 0.493 e. The third kappa shape index (κ3) is 6.58. The molecule has 2 amide bonds. The number of hydrogen-bond donors (Lipinski definition) is 2. The number of nitrogens with one attached hydrogen (secondary N) is 1. The third-order valence-corrected chi connectivity index (χ3v) is 4.58. The minimum atomic E-state index is -4.92. The first-order valence-electron chi connectivity index (χ1n) is 10.1. The molecule has 0 spiro atoms. The van der Waals surface area contributed by atoms with E-state index in [1.54, 1.807) is 0 Å². The molecule has 2 aromatic heterocycles. The van der Waals surface area contributed by atoms with E-state index >= 15 is 0 Å². The standard InChI is InChI=1S/C23H20F4N4O5/c1-22(2,24)19-10-17(35-16-5-4-13(9-18(16)34-3)36-23(25,26)27)14(11-30-19)21(33)31-12-6-7-29-15(8-12)20(28)32/h4-11H,1-3H3,(H2,28,32)(H,29,31,33). The molecule has 0 fully saturated rings. The van der Waals surface area contributed by atoms with Gasteiger partial charge in [-0.25, -0.2) is 4.39 Å². The predicted molar refractivity (Wildman–Crippen MR) is 119 cm³/mol. The fourth-order valence-electron chi connectivity index (χ4n) is 2.91. The number of anilines is 1. The fraction of sp³-hybridized carbons (Fsp3) is 0.217. The second-order valence-electron chi connectivity index (χ2n) is 7.75. The van der Waals surface area contributed by atoms with Gasteiger partial charge in [0.15, 0.2) is 11.5 Å². The number of amides is 2. The molecular formula is C23H20F4N4O5. The number of alkyl halides is 4. The number of carbonyl (C=O) groups excluding carboxylic acids is 2. The Labute approximate surface area is 202 Å². The second kappa shape index (κ2) is 10.1. The van der Waals surface area contributed by atoms with Crippen molar-refractivity contribution in [3.8, 4) is 23.0 Å². The van der Waals surface area contributed by atoms with Crippen LogP contribution in [0.4, 0.5) is 23.2 Å². The number of aromatic nitrogens is 2. The van der Waals surface area contributed by atoms with Crippen molar-refractivity contribution in [3.05, 3.63) is 65.7 Å². The molecule has 0 aliphatic rings. The summed E-state index contributed by atoms with van der Waals surface area (Å²) in [5, 5.41) is 2.52. The van der Waals surface area contributed by atoms with Crippen LogP contribution in [0.1, 0.15) is 40.4 Å². The monoisotopic (exact) mass is 508 g/mol. The summed E-state index contributed by atoms with van der Waals surface area (Å²) in [6.07, 6.45) is -2.59. The van der Waals surface area contributed by atoms with Crippen LogP contribution in [-0.4, -0.2) is 35.3 Å². The molecule has 9 nitrogen and oxygen atoms in total. The van der Waals surface area contributed by atoms with Gasteiger partial charge in [0.1, 0.15) is 28.4 Å². The van der Waals surface area contributed by atoms with Crippen LogP contribution in [0.2, 0.25) is 0 Å². The van der Waals surface area contributed by atoms with Crippen molar-refractivity contribution in [2.75, 3.05) is 12.4 Å². The van der Waals surface area contributed by atoms with Gasteiger partial charge in [-0.2, -0.15) is 0 Å². The number of carbonyl (C=O) groups is 2. The van der Waals surface area contributed by atoms with E-state index in [2.05, 4.69) is 20.0 Å². The normalized spacial score (nSPS) is 11.5. The zero-order valence-electron chi connectivity index (χ0n) is 19.1. The first-order valence-corrected chi connectivity index (χ1v) is 10.1. The van der Waals surface area contributed by atoms with Crippen LogP contribution in [0.5, 0.6) is 23.0 Å². The van der Waals surface area contributed by atoms with E-state index < -0.39 is 29.6 Å². The SMILES string of the molecule is COc1cc(OC(F)(F)F)ccc1Oc1cc(C(C)(C)F)ncc1C(=O)Nc1ccnc(C(N)=O)c1. The van der Waals surface area contributed by atoms with Crippen molar-refractivity contribution < 1.29 is 41.4 Å². The van der Waals surface area contributed by atoms with Crippen molar-refractivity contribution in [3.63, 3.8) is 0 Å². The summed E-state index contributed by atoms with van der Waals surface area (Å²) in [7, 11) is 1.19. The molecule has 2 heterocycles. The van der Waals surface area contributed by atoms with Crippen molar-refractivity contribution >= 4 is 17.5 Å². The van der Waals surface area contributed by atoms with Crippen molar-refractivity contribution in [2.45, 2.75) is 25.9 Å². The maximum absolute atomic E-state index is 14.6. The topological polar surface area (TPSA) is 126 Å². The quantitative estimate of drug-likeness (QED) is 0.421. The highest BCUT2D eigenvalue weighted by atomic mass is 19.4. The maximum atomic E-state index is 14.6. The number of nitrogens with two attached hydrogens (primary N) is 1. The molecular weight excluding hydrogens is 488 g/mol. The average Bonchev–Trinajstić information content (AvgIpc) is 2.78. The minimum Gasteiger partial charge on any atom is -0.493 e. The molecule has 0 saturated heterocycles. The molecule has 3 aromatic rings. The maximum Gasteiger partial charge on any atom is 0.573 e. The van der Waals surface area contributed by atoms with Crippen LogP contribution in [-0.2, 0) is 5.67 Å². The van der Waals surface area contributed by atoms with E-state index in [0.717, 1.165) is 24.4 Å². The number of rotatable bonds is 8. The highest BCUT2D eigenvalue weighted by Gasteiger charge is 2.31. The van der Waals surface area contributed by atoms with Crippen molar-refractivity contribution in [1.29, 1.82) is 0 Å². The van der Waals surface area contributed by atoms with Gasteiger partial charge in [-0.05, 0) is 38.1 Å². The molecule has 1 aromatic carbocycles. The number of benzene rings is 1. The van der Waals surface area contributed by atoms with E-state index in [1.165, 1.54) is 45.4 Å². The van der Waals surface area contributed by atoms with E-state index in [-0.39, 0.29) is 39.9 Å². The Morgan fingerprint density at radius 1 is 0.972 bits per heavy atom. The van der Waals surface area contributed by atoms with Crippen LogP contribution in [0.15, 0.2) is 48.8 Å². The number of primary amides is 1. The van der Waals surface area contributed by atoms with Gasteiger partial charge in [0.2, 0.25) is 0 Å². The lowest BCUT2D eigenvalue weighted by molar-refractivity contribution is -0.274. The van der Waals surface area contributed by atoms with Gasteiger partial charge >= 0.3 is 6.36 Å². The molecule has 0 aliphatic carbocycles. The lowest BCUT2D eigenvalue weighted by atomic mass is 10.0. The zero-order chi connectivity index (χ0) is 26.7. The molecule has 3 rings (SSSR count). The first-order chi connectivity index (χ1) is 16.8. The lowest BCUT2D eigenvalue weighted by Gasteiger charge is -2.18. The number of halogens is 4. The number of nitrogens with zero attached hydrogens (tertiary/aromatic N) is 2. The molecule has 0 bridgehead atoms. The third-order valence-electron chi connectivity index (χ3n) is 4.58. The van der Waals surface area contributed by atoms with E-state index in [1.807, 2.05) is 0 Å². The van der Waals surface area contributed by atoms with E-state index in [9.17, 15) is 27.2 Å². The van der Waals surface area contributed by atoms with Gasteiger partial charge in [0.05, 0.1) is 12.8 Å². The number of hydrogen-bond acceptors (Lipinski definition) is 7. The highest BCUT2D eigenvalue weighted by Crippen LogP contribution is 2.38. The summed E-state index contributed by atoms with van der Waals surface area (Å²) >= 11 is 0. The molecule has 190 valence electrons. The van der Waals surface area contributed by atoms with E-state index in [0.29, 0.717) is 0 Å². The van der Waals surface area contributed by atoms with Gasteiger partial charge < -0.3 is 25.3 Å². The Balaban J connectivity index is 1.99. The molecule has 3 N–H and O–H groups in total. The van der Waals surface area contributed by atoms with Crippen molar-refractivity contribution in [1.82, 2.24) is 9.97 Å². The summed E-state index contributed by atoms with van der Waals surface area (Å²) in [5.41, 5.74) is 3.14. The van der Waals surface area contributed by atoms with Gasteiger partial charge in [0.25, 0.3) is 11.8 Å². The molecule has 0 radical (unpaired) electrons. The Morgan fingerprint density at radius 2 is 1.69 bits per heavy atom. The molecule has 0 saturated carbocycles. The van der Waals surface area contributed by atoms with Crippen LogP contribution in [0.3, 0.4) is 0 Å². The van der Waals surface area contributed by atoms with Gasteiger partial charge in [0, 0.05) is 30.2 Å². The Morgan fingerprint density at radius 3 is 2.31 bits per heavy atom. The Hall–Kier alpha value is -4.42. The minimum absolute atomic E-state index is 0.0787. The second-order valence-corrected chi connectivity index (χ2v) is 7.75. The molecule has 0 atom stereocenters. The Bertz CT molecular complexity index is 1290. The van der Waals surface area contributed by atoms with Gasteiger partial charge in [-0.1, -0.05) is 0 Å². The predicted octanol–water partition coefficient (Wildman–Crippen LogP) is 4.73. The summed E-state index contributed by atoms with van der Waals surface area (Å²) in [4.78, 5) is 32.1. The van der Waals surface area contributed by atoms with Crippen LogP contribution in [0, 0.1) is 0 Å². The van der Waals surface area contributed by atoms with Gasteiger partial charge in [-0.15, -0.1) is 13.2 Å². The number of ether oxygens (including phenoxy) is 3. The largest absolute Gasteiger partial charge is 0.573 e. The van der Waals surface area contributed by atoms with E-state index in [4.69, 9.17) is 15.2 Å². The fourth-order valence-corrected chi connectivity index (χ4v) is 2.91. The molecule has 13 heteroatoms. The van der Waals surface area contributed by atoms with Gasteiger partial charge in [-0.3, -0.25) is 19.6 Å². The van der Waals surface area contributed by atoms with Crippen LogP contribution in [0.25, 0.3) is 0 Å². The molecule has 0 aliphatic heterocycles. The summed E-state index contributed by atoms with van der Waals surface area (Å²) in [6, 6.07) is 6.87. The zero-order valence-corrected chi connectivity index (χ0v) is 19.1. The Kier molecular flexibility index (Phi) is 7.32. The summed E-state index contributed by atoms with van der Waals surface area (Å²) < 4.78 is 67.0. The van der Waals surface area contributed by atoms with Crippen LogP contribution >= 0.6 is 0 Å². The van der Waals surface area contributed by atoms with Crippen molar-refractivity contribution in [2.24, 2.45) is 5.73 Å². The number of methoxy groups -OCH3 is 1. The lowest BCUT2D eigenvalue weighted by Crippen LogP contribution is -2.18. The summed E-state index contributed by atoms with van der Waals surface area (Å²) in [5.74, 6) is -2.53. The average molecular weight is 508 g/mol.